The van der Waals surface area contributed by atoms with E-state index in [9.17, 15) is 9.59 Å². The van der Waals surface area contributed by atoms with Crippen LogP contribution in [0.2, 0.25) is 0 Å². The number of hydrogen-bond donors (Lipinski definition) is 0. The number of hydrogen-bond acceptors (Lipinski definition) is 4. The van der Waals surface area contributed by atoms with Crippen molar-refractivity contribution in [3.05, 3.63) is 0 Å². The third-order valence-electron chi connectivity index (χ3n) is 4.23. The maximum absolute atomic E-state index is 12.0. The Balaban J connectivity index is 4.70. The van der Waals surface area contributed by atoms with E-state index in [2.05, 4.69) is 13.8 Å². The van der Waals surface area contributed by atoms with Crippen LogP contribution in [0.25, 0.3) is 0 Å². The second-order valence-electron chi connectivity index (χ2n) is 5.86. The van der Waals surface area contributed by atoms with Crippen molar-refractivity contribution < 1.29 is 19.1 Å². The third-order valence-corrected chi connectivity index (χ3v) is 4.23. The molecule has 0 rings (SSSR count). The van der Waals surface area contributed by atoms with Crippen LogP contribution in [-0.4, -0.2) is 25.2 Å². The summed E-state index contributed by atoms with van der Waals surface area (Å²) in [5.41, 5.74) is -0.247. The van der Waals surface area contributed by atoms with Crippen LogP contribution in [0.1, 0.15) is 73.1 Å². The van der Waals surface area contributed by atoms with Crippen molar-refractivity contribution in [2.24, 2.45) is 11.3 Å². The lowest BCUT2D eigenvalue weighted by Gasteiger charge is -2.32. The molecule has 1 atom stereocenters. The van der Waals surface area contributed by atoms with Gasteiger partial charge in [0, 0.05) is 12.3 Å². The molecule has 1 unspecified atom stereocenters. The molecule has 0 spiro atoms. The molecule has 0 aliphatic rings. The fourth-order valence-corrected chi connectivity index (χ4v) is 2.34. The van der Waals surface area contributed by atoms with Crippen LogP contribution >= 0.6 is 0 Å². The molecular formula is C17H32O4. The maximum Gasteiger partial charge on any atom is 0.308 e. The molecule has 0 aliphatic heterocycles. The Hall–Kier alpha value is -1.06. The first kappa shape index (κ1) is 19.9. The van der Waals surface area contributed by atoms with E-state index in [0.29, 0.717) is 13.2 Å². The first-order valence-electron chi connectivity index (χ1n) is 8.24. The molecule has 0 N–H and O–H groups in total. The van der Waals surface area contributed by atoms with Gasteiger partial charge in [-0.25, -0.2) is 0 Å². The van der Waals surface area contributed by atoms with E-state index in [-0.39, 0.29) is 23.3 Å². The van der Waals surface area contributed by atoms with Crippen LogP contribution < -0.4 is 0 Å². The summed E-state index contributed by atoms with van der Waals surface area (Å²) >= 11 is 0. The summed E-state index contributed by atoms with van der Waals surface area (Å²) in [6.45, 7) is 10.3. The van der Waals surface area contributed by atoms with Crippen LogP contribution in [0.4, 0.5) is 0 Å². The quantitative estimate of drug-likeness (QED) is 0.539. The number of ether oxygens (including phenoxy) is 2. The monoisotopic (exact) mass is 300 g/mol. The van der Waals surface area contributed by atoms with E-state index in [1.54, 1.807) is 0 Å². The lowest BCUT2D eigenvalue weighted by molar-refractivity contribution is -0.157. The molecule has 4 heteroatoms. The Morgan fingerprint density at radius 3 is 2.00 bits per heavy atom. The van der Waals surface area contributed by atoms with Gasteiger partial charge in [-0.2, -0.15) is 0 Å². The van der Waals surface area contributed by atoms with E-state index < -0.39 is 0 Å². The van der Waals surface area contributed by atoms with Gasteiger partial charge in [-0.3, -0.25) is 9.59 Å². The molecule has 124 valence electrons. The molecule has 0 aromatic heterocycles. The smallest absolute Gasteiger partial charge is 0.308 e. The molecule has 0 fully saturated rings. The molecule has 0 aromatic carbocycles. The van der Waals surface area contributed by atoms with Gasteiger partial charge in [-0.15, -0.1) is 0 Å². The molecule has 0 heterocycles. The Morgan fingerprint density at radius 2 is 1.57 bits per heavy atom. The van der Waals surface area contributed by atoms with Crippen LogP contribution in [0.15, 0.2) is 0 Å². The first-order chi connectivity index (χ1) is 9.94. The van der Waals surface area contributed by atoms with Gasteiger partial charge >= 0.3 is 11.9 Å². The summed E-state index contributed by atoms with van der Waals surface area (Å²) in [6.07, 6.45) is 5.45. The van der Waals surface area contributed by atoms with Crippen molar-refractivity contribution in [2.45, 2.75) is 73.1 Å². The molecule has 0 saturated heterocycles. The second-order valence-corrected chi connectivity index (χ2v) is 5.86. The third kappa shape index (κ3) is 7.49. The van der Waals surface area contributed by atoms with Crippen LogP contribution in [0.3, 0.4) is 0 Å². The number of esters is 2. The summed E-state index contributed by atoms with van der Waals surface area (Å²) in [4.78, 5) is 23.1. The van der Waals surface area contributed by atoms with Gasteiger partial charge in [-0.05, 0) is 25.7 Å². The SMILES string of the molecule is CCCCC(CC)(COC(C)=O)COC(=O)C(CC)CC. The van der Waals surface area contributed by atoms with E-state index >= 15 is 0 Å². The van der Waals surface area contributed by atoms with E-state index in [0.717, 1.165) is 38.5 Å². The van der Waals surface area contributed by atoms with Gasteiger partial charge in [0.05, 0.1) is 5.92 Å². The van der Waals surface area contributed by atoms with Gasteiger partial charge in [0.25, 0.3) is 0 Å². The number of carbonyl (C=O) groups is 2. The topological polar surface area (TPSA) is 52.6 Å². The van der Waals surface area contributed by atoms with Gasteiger partial charge in [0.15, 0.2) is 0 Å². The molecule has 0 saturated carbocycles. The van der Waals surface area contributed by atoms with Crippen molar-refractivity contribution in [2.75, 3.05) is 13.2 Å². The summed E-state index contributed by atoms with van der Waals surface area (Å²) < 4.78 is 10.8. The molecule has 4 nitrogen and oxygen atoms in total. The van der Waals surface area contributed by atoms with Crippen LogP contribution in [0, 0.1) is 11.3 Å². The number of carbonyl (C=O) groups excluding carboxylic acids is 2. The summed E-state index contributed by atoms with van der Waals surface area (Å²) in [6, 6.07) is 0. The van der Waals surface area contributed by atoms with Gasteiger partial charge in [0.1, 0.15) is 13.2 Å². The Morgan fingerprint density at radius 1 is 1.00 bits per heavy atom. The summed E-state index contributed by atoms with van der Waals surface area (Å²) in [5, 5.41) is 0. The number of rotatable bonds is 11. The molecule has 0 radical (unpaired) electrons. The average molecular weight is 300 g/mol. The maximum atomic E-state index is 12.0. The largest absolute Gasteiger partial charge is 0.465 e. The molecular weight excluding hydrogens is 268 g/mol. The standard InChI is InChI=1S/C17H32O4/c1-6-10-11-17(9-4,12-20-14(5)18)13-21-16(19)15(7-2)8-3/h15H,6-13H2,1-5H3. The van der Waals surface area contributed by atoms with Crippen molar-refractivity contribution in [3.8, 4) is 0 Å². The summed E-state index contributed by atoms with van der Waals surface area (Å²) in [5.74, 6) is -0.438. The molecule has 0 aliphatic carbocycles. The zero-order valence-electron chi connectivity index (χ0n) is 14.4. The average Bonchev–Trinajstić information content (AvgIpc) is 2.48. The van der Waals surface area contributed by atoms with Gasteiger partial charge in [0.2, 0.25) is 0 Å². The highest BCUT2D eigenvalue weighted by atomic mass is 16.5. The predicted molar refractivity (Wildman–Crippen MR) is 83.9 cm³/mol. The Bertz CT molecular complexity index is 310. The molecule has 21 heavy (non-hydrogen) atoms. The lowest BCUT2D eigenvalue weighted by atomic mass is 9.81. The fraction of sp³-hybridized carbons (Fsp3) is 0.882. The highest BCUT2D eigenvalue weighted by molar-refractivity contribution is 5.72. The number of unbranched alkanes of at least 4 members (excludes halogenated alkanes) is 1. The highest BCUT2D eigenvalue weighted by Gasteiger charge is 2.32. The minimum atomic E-state index is -0.282. The lowest BCUT2D eigenvalue weighted by Crippen LogP contribution is -2.34. The van der Waals surface area contributed by atoms with Crippen molar-refractivity contribution in [3.63, 3.8) is 0 Å². The van der Waals surface area contributed by atoms with E-state index in [1.807, 2.05) is 13.8 Å². The predicted octanol–water partition coefficient (Wildman–Crippen LogP) is 4.12. The second kappa shape index (κ2) is 10.6. The molecule has 0 amide bonds. The van der Waals surface area contributed by atoms with Crippen LogP contribution in [-0.2, 0) is 19.1 Å². The Labute approximate surface area is 129 Å². The molecule has 0 bridgehead atoms. The fourth-order valence-electron chi connectivity index (χ4n) is 2.34. The van der Waals surface area contributed by atoms with E-state index in [1.165, 1.54) is 6.92 Å². The summed E-state index contributed by atoms with van der Waals surface area (Å²) in [7, 11) is 0. The molecule has 0 aromatic rings. The zero-order valence-corrected chi connectivity index (χ0v) is 14.4. The highest BCUT2D eigenvalue weighted by Crippen LogP contribution is 2.30. The van der Waals surface area contributed by atoms with Crippen LogP contribution in [0.5, 0.6) is 0 Å². The Kier molecular flexibility index (Phi) is 10.1. The van der Waals surface area contributed by atoms with E-state index in [4.69, 9.17) is 9.47 Å². The normalized spacial score (nSPS) is 13.8. The minimum absolute atomic E-state index is 0.0283. The van der Waals surface area contributed by atoms with Crippen molar-refractivity contribution >= 4 is 11.9 Å². The minimum Gasteiger partial charge on any atom is -0.465 e. The van der Waals surface area contributed by atoms with Crippen molar-refractivity contribution in [1.82, 2.24) is 0 Å². The van der Waals surface area contributed by atoms with Gasteiger partial charge in [-0.1, -0.05) is 40.5 Å². The zero-order chi connectivity index (χ0) is 16.3. The van der Waals surface area contributed by atoms with Gasteiger partial charge < -0.3 is 9.47 Å². The first-order valence-corrected chi connectivity index (χ1v) is 8.24. The van der Waals surface area contributed by atoms with Crippen molar-refractivity contribution in [1.29, 1.82) is 0 Å².